The fourth-order valence-corrected chi connectivity index (χ4v) is 3.83. The highest BCUT2D eigenvalue weighted by molar-refractivity contribution is 9.10. The van der Waals surface area contributed by atoms with Crippen molar-refractivity contribution in [2.24, 2.45) is 0 Å². The zero-order valence-corrected chi connectivity index (χ0v) is 16.3. The summed E-state index contributed by atoms with van der Waals surface area (Å²) in [6.07, 6.45) is 5.22. The van der Waals surface area contributed by atoms with Gasteiger partial charge < -0.3 is 0 Å². The van der Waals surface area contributed by atoms with Gasteiger partial charge in [0.05, 0.1) is 11.7 Å². The number of rotatable bonds is 5. The lowest BCUT2D eigenvalue weighted by Gasteiger charge is -2.31. The van der Waals surface area contributed by atoms with Crippen LogP contribution in [0.4, 0.5) is 0 Å². The summed E-state index contributed by atoms with van der Waals surface area (Å²) in [4.78, 5) is 2.53. The third-order valence-electron chi connectivity index (χ3n) is 5.04. The molecule has 2 aromatic carbocycles. The zero-order chi connectivity index (χ0) is 17.8. The molecule has 0 spiro atoms. The molecule has 26 heavy (non-hydrogen) atoms. The van der Waals surface area contributed by atoms with Crippen LogP contribution >= 0.6 is 15.9 Å². The van der Waals surface area contributed by atoms with Gasteiger partial charge in [0.1, 0.15) is 0 Å². The van der Waals surface area contributed by atoms with Gasteiger partial charge in [-0.25, -0.2) is 4.68 Å². The number of hydrogen-bond donors (Lipinski definition) is 0. The molecule has 0 aliphatic carbocycles. The van der Waals surface area contributed by atoms with Gasteiger partial charge in [0.25, 0.3) is 0 Å². The minimum atomic E-state index is 0.466. The highest BCUT2D eigenvalue weighted by atomic mass is 79.9. The van der Waals surface area contributed by atoms with Crippen molar-refractivity contribution in [2.75, 3.05) is 13.1 Å². The molecular formula is C21H23BrN4. The second kappa shape index (κ2) is 8.14. The first-order valence-electron chi connectivity index (χ1n) is 9.18. The van der Waals surface area contributed by atoms with Crippen molar-refractivity contribution in [3.8, 4) is 0 Å². The van der Waals surface area contributed by atoms with Crippen LogP contribution in [-0.2, 0) is 13.0 Å². The van der Waals surface area contributed by atoms with Crippen LogP contribution < -0.4 is 0 Å². The Hall–Kier alpha value is -1.98. The van der Waals surface area contributed by atoms with Gasteiger partial charge in [0, 0.05) is 36.7 Å². The van der Waals surface area contributed by atoms with E-state index in [4.69, 9.17) is 0 Å². The topological polar surface area (TPSA) is 34.0 Å². The molecule has 2 heterocycles. The molecule has 0 unspecified atom stereocenters. The maximum atomic E-state index is 4.40. The van der Waals surface area contributed by atoms with Crippen LogP contribution in [-0.4, -0.2) is 33.0 Å². The fraction of sp³-hybridized carbons (Fsp3) is 0.333. The van der Waals surface area contributed by atoms with Crippen LogP contribution in [0.3, 0.4) is 0 Å². The molecule has 0 saturated carbocycles. The van der Waals surface area contributed by atoms with E-state index in [2.05, 4.69) is 96.6 Å². The Morgan fingerprint density at radius 2 is 1.65 bits per heavy atom. The molecule has 0 bridgehead atoms. The average Bonchev–Trinajstić information content (AvgIpc) is 3.14. The van der Waals surface area contributed by atoms with Gasteiger partial charge in [0.15, 0.2) is 0 Å². The van der Waals surface area contributed by atoms with E-state index < -0.39 is 0 Å². The molecule has 1 aliphatic heterocycles. The van der Waals surface area contributed by atoms with Crippen molar-refractivity contribution < 1.29 is 0 Å². The Labute approximate surface area is 163 Å². The Morgan fingerprint density at radius 3 is 2.38 bits per heavy atom. The standard InChI is InChI=1S/C21H23BrN4/c22-19-8-6-17(7-9-19)14-20-16-26(24-23-20)21-10-12-25(13-11-21)15-18-4-2-1-3-5-18/h1-9,16,21H,10-15H2. The molecule has 1 fully saturated rings. The Morgan fingerprint density at radius 1 is 0.923 bits per heavy atom. The lowest BCUT2D eigenvalue weighted by atomic mass is 10.0. The third-order valence-corrected chi connectivity index (χ3v) is 5.57. The highest BCUT2D eigenvalue weighted by Crippen LogP contribution is 2.23. The number of aromatic nitrogens is 3. The second-order valence-corrected chi connectivity index (χ2v) is 7.90. The molecule has 0 atom stereocenters. The Balaban J connectivity index is 1.32. The largest absolute Gasteiger partial charge is 0.299 e. The molecule has 4 nitrogen and oxygen atoms in total. The van der Waals surface area contributed by atoms with Crippen molar-refractivity contribution in [1.29, 1.82) is 0 Å². The fourth-order valence-electron chi connectivity index (χ4n) is 3.57. The summed E-state index contributed by atoms with van der Waals surface area (Å²) in [5.41, 5.74) is 3.69. The summed E-state index contributed by atoms with van der Waals surface area (Å²) in [5, 5.41) is 8.79. The number of likely N-dealkylation sites (tertiary alicyclic amines) is 1. The van der Waals surface area contributed by atoms with Gasteiger partial charge in [0.2, 0.25) is 0 Å². The van der Waals surface area contributed by atoms with Gasteiger partial charge >= 0.3 is 0 Å². The maximum Gasteiger partial charge on any atom is 0.0870 e. The van der Waals surface area contributed by atoms with Crippen LogP contribution in [0, 0.1) is 0 Å². The molecule has 0 radical (unpaired) electrons. The summed E-state index contributed by atoms with van der Waals surface area (Å²) in [6, 6.07) is 19.6. The lowest BCUT2D eigenvalue weighted by molar-refractivity contribution is 0.172. The smallest absolute Gasteiger partial charge is 0.0870 e. The van der Waals surface area contributed by atoms with E-state index in [9.17, 15) is 0 Å². The number of halogens is 1. The Kier molecular flexibility index (Phi) is 5.46. The highest BCUT2D eigenvalue weighted by Gasteiger charge is 2.21. The van der Waals surface area contributed by atoms with E-state index in [1.165, 1.54) is 11.1 Å². The van der Waals surface area contributed by atoms with Crippen molar-refractivity contribution in [1.82, 2.24) is 19.9 Å². The molecule has 1 aliphatic rings. The first-order valence-corrected chi connectivity index (χ1v) is 9.97. The van der Waals surface area contributed by atoms with Crippen molar-refractivity contribution in [3.05, 3.63) is 82.1 Å². The zero-order valence-electron chi connectivity index (χ0n) is 14.8. The second-order valence-electron chi connectivity index (χ2n) is 6.99. The first kappa shape index (κ1) is 17.4. The van der Waals surface area contributed by atoms with Gasteiger partial charge in [-0.3, -0.25) is 4.90 Å². The molecule has 4 rings (SSSR count). The minimum Gasteiger partial charge on any atom is -0.299 e. The number of piperidine rings is 1. The van der Waals surface area contributed by atoms with Crippen LogP contribution in [0.15, 0.2) is 65.3 Å². The van der Waals surface area contributed by atoms with E-state index in [0.717, 1.165) is 49.1 Å². The van der Waals surface area contributed by atoms with Crippen LogP contribution in [0.5, 0.6) is 0 Å². The summed E-state index contributed by atoms with van der Waals surface area (Å²) >= 11 is 3.48. The monoisotopic (exact) mass is 410 g/mol. The summed E-state index contributed by atoms with van der Waals surface area (Å²) in [6.45, 7) is 3.27. The Bertz CT molecular complexity index is 821. The lowest BCUT2D eigenvalue weighted by Crippen LogP contribution is -2.34. The van der Waals surface area contributed by atoms with Crippen LogP contribution in [0.1, 0.15) is 35.7 Å². The number of benzene rings is 2. The molecular weight excluding hydrogens is 388 g/mol. The van der Waals surface area contributed by atoms with E-state index in [1.54, 1.807) is 0 Å². The third kappa shape index (κ3) is 4.40. The number of nitrogens with zero attached hydrogens (tertiary/aromatic N) is 4. The van der Waals surface area contributed by atoms with Gasteiger partial charge in [-0.15, -0.1) is 5.10 Å². The van der Waals surface area contributed by atoms with E-state index in [0.29, 0.717) is 6.04 Å². The normalized spacial score (nSPS) is 16.0. The predicted octanol–water partition coefficient (Wildman–Crippen LogP) is 4.47. The van der Waals surface area contributed by atoms with Crippen LogP contribution in [0.2, 0.25) is 0 Å². The van der Waals surface area contributed by atoms with Gasteiger partial charge in [-0.1, -0.05) is 63.6 Å². The summed E-state index contributed by atoms with van der Waals surface area (Å²) in [7, 11) is 0. The molecule has 0 amide bonds. The molecule has 1 saturated heterocycles. The number of hydrogen-bond acceptors (Lipinski definition) is 3. The minimum absolute atomic E-state index is 0.466. The average molecular weight is 411 g/mol. The van der Waals surface area contributed by atoms with Crippen molar-refractivity contribution in [3.63, 3.8) is 0 Å². The quantitative estimate of drug-likeness (QED) is 0.621. The van der Waals surface area contributed by atoms with E-state index in [1.807, 2.05) is 0 Å². The predicted molar refractivity (Wildman–Crippen MR) is 107 cm³/mol. The van der Waals surface area contributed by atoms with Crippen molar-refractivity contribution >= 4 is 15.9 Å². The maximum absolute atomic E-state index is 4.40. The molecule has 3 aromatic rings. The molecule has 1 aromatic heterocycles. The van der Waals surface area contributed by atoms with Crippen LogP contribution in [0.25, 0.3) is 0 Å². The van der Waals surface area contributed by atoms with E-state index >= 15 is 0 Å². The SMILES string of the molecule is Brc1ccc(Cc2cn(C3CCN(Cc4ccccc4)CC3)nn2)cc1. The molecule has 5 heteroatoms. The van der Waals surface area contributed by atoms with Gasteiger partial charge in [-0.2, -0.15) is 0 Å². The molecule has 134 valence electrons. The summed E-state index contributed by atoms with van der Waals surface area (Å²) in [5.74, 6) is 0. The summed E-state index contributed by atoms with van der Waals surface area (Å²) < 4.78 is 3.18. The van der Waals surface area contributed by atoms with Crippen molar-refractivity contribution in [2.45, 2.75) is 31.8 Å². The molecule has 0 N–H and O–H groups in total. The van der Waals surface area contributed by atoms with E-state index in [-0.39, 0.29) is 0 Å². The first-order chi connectivity index (χ1) is 12.8. The van der Waals surface area contributed by atoms with Gasteiger partial charge in [-0.05, 0) is 36.1 Å².